The molecular formula is C13H10ClNO2S. The van der Waals surface area contributed by atoms with Crippen LogP contribution < -0.4 is 0 Å². The lowest BCUT2D eigenvalue weighted by Crippen LogP contribution is -1.89. The maximum atomic E-state index is 10.7. The Balaban J connectivity index is 2.09. The SMILES string of the molecule is O=[N+]([O-])c1cccc(CSc2ccccc2Cl)c1. The molecule has 0 fully saturated rings. The summed E-state index contributed by atoms with van der Waals surface area (Å²) < 4.78 is 0. The summed E-state index contributed by atoms with van der Waals surface area (Å²) in [7, 11) is 0. The lowest BCUT2D eigenvalue weighted by Gasteiger charge is -2.03. The second-order valence-electron chi connectivity index (χ2n) is 3.65. The minimum Gasteiger partial charge on any atom is -0.258 e. The molecule has 0 bridgehead atoms. The van der Waals surface area contributed by atoms with Gasteiger partial charge >= 0.3 is 0 Å². The lowest BCUT2D eigenvalue weighted by molar-refractivity contribution is -0.384. The van der Waals surface area contributed by atoms with Crippen LogP contribution in [0.2, 0.25) is 5.02 Å². The van der Waals surface area contributed by atoms with E-state index in [-0.39, 0.29) is 10.6 Å². The van der Waals surface area contributed by atoms with Gasteiger partial charge in [0.15, 0.2) is 0 Å². The molecule has 0 radical (unpaired) electrons. The van der Waals surface area contributed by atoms with Gasteiger partial charge in [0.05, 0.1) is 9.95 Å². The molecule has 0 N–H and O–H groups in total. The van der Waals surface area contributed by atoms with Crippen molar-refractivity contribution < 1.29 is 4.92 Å². The van der Waals surface area contributed by atoms with Crippen molar-refractivity contribution in [3.05, 3.63) is 69.2 Å². The molecule has 5 heteroatoms. The molecule has 0 unspecified atom stereocenters. The van der Waals surface area contributed by atoms with E-state index in [1.54, 1.807) is 23.9 Å². The fourth-order valence-electron chi connectivity index (χ4n) is 1.48. The number of hydrogen-bond acceptors (Lipinski definition) is 3. The van der Waals surface area contributed by atoms with Gasteiger partial charge in [-0.25, -0.2) is 0 Å². The Hall–Kier alpha value is -1.52. The smallest absolute Gasteiger partial charge is 0.258 e. The predicted molar refractivity (Wildman–Crippen MR) is 74.1 cm³/mol. The van der Waals surface area contributed by atoms with E-state index in [1.165, 1.54) is 6.07 Å². The molecule has 0 heterocycles. The number of hydrogen-bond donors (Lipinski definition) is 0. The third kappa shape index (κ3) is 3.24. The third-order valence-electron chi connectivity index (χ3n) is 2.35. The first-order valence-electron chi connectivity index (χ1n) is 5.27. The lowest BCUT2D eigenvalue weighted by atomic mass is 10.2. The molecule has 0 aliphatic rings. The zero-order valence-electron chi connectivity index (χ0n) is 9.38. The molecule has 0 aliphatic carbocycles. The first kappa shape index (κ1) is 12.9. The van der Waals surface area contributed by atoms with Crippen molar-refractivity contribution in [2.45, 2.75) is 10.6 Å². The third-order valence-corrected chi connectivity index (χ3v) is 3.94. The maximum Gasteiger partial charge on any atom is 0.269 e. The summed E-state index contributed by atoms with van der Waals surface area (Å²) in [6.07, 6.45) is 0. The Morgan fingerprint density at radius 3 is 2.67 bits per heavy atom. The van der Waals surface area contributed by atoms with Crippen LogP contribution >= 0.6 is 23.4 Å². The molecule has 0 saturated carbocycles. The van der Waals surface area contributed by atoms with Crippen LogP contribution in [0.3, 0.4) is 0 Å². The minimum absolute atomic E-state index is 0.118. The summed E-state index contributed by atoms with van der Waals surface area (Å²) in [4.78, 5) is 11.3. The van der Waals surface area contributed by atoms with Crippen LogP contribution in [0.5, 0.6) is 0 Å². The van der Waals surface area contributed by atoms with Gasteiger partial charge in [0.25, 0.3) is 5.69 Å². The average Bonchev–Trinajstić information content (AvgIpc) is 2.38. The van der Waals surface area contributed by atoms with Crippen molar-refractivity contribution >= 4 is 29.1 Å². The molecule has 0 spiro atoms. The highest BCUT2D eigenvalue weighted by atomic mass is 35.5. The van der Waals surface area contributed by atoms with Crippen LogP contribution in [-0.4, -0.2) is 4.92 Å². The van der Waals surface area contributed by atoms with Crippen molar-refractivity contribution in [3.63, 3.8) is 0 Å². The second kappa shape index (κ2) is 5.89. The van der Waals surface area contributed by atoms with Crippen molar-refractivity contribution in [1.29, 1.82) is 0 Å². The van der Waals surface area contributed by atoms with E-state index in [2.05, 4.69) is 0 Å². The van der Waals surface area contributed by atoms with Crippen molar-refractivity contribution in [3.8, 4) is 0 Å². The zero-order chi connectivity index (χ0) is 13.0. The Morgan fingerprint density at radius 2 is 1.94 bits per heavy atom. The van der Waals surface area contributed by atoms with Gasteiger partial charge in [-0.1, -0.05) is 35.9 Å². The van der Waals surface area contributed by atoms with E-state index in [1.807, 2.05) is 30.3 Å². The Morgan fingerprint density at radius 1 is 1.17 bits per heavy atom. The van der Waals surface area contributed by atoms with Crippen molar-refractivity contribution in [1.82, 2.24) is 0 Å². The predicted octanol–water partition coefficient (Wildman–Crippen LogP) is 4.54. The minimum atomic E-state index is -0.385. The van der Waals surface area contributed by atoms with Gasteiger partial charge in [-0.2, -0.15) is 0 Å². The highest BCUT2D eigenvalue weighted by Gasteiger charge is 2.06. The number of nitro groups is 1. The summed E-state index contributed by atoms with van der Waals surface area (Å²) >= 11 is 7.61. The van der Waals surface area contributed by atoms with Crippen LogP contribution in [-0.2, 0) is 5.75 Å². The first-order chi connectivity index (χ1) is 8.66. The number of rotatable bonds is 4. The summed E-state index contributed by atoms with van der Waals surface area (Å²) in [6.45, 7) is 0. The molecule has 0 aromatic heterocycles. The molecule has 2 aromatic carbocycles. The van der Waals surface area contributed by atoms with Gasteiger partial charge in [0.1, 0.15) is 0 Å². The zero-order valence-corrected chi connectivity index (χ0v) is 10.9. The second-order valence-corrected chi connectivity index (χ2v) is 5.07. The van der Waals surface area contributed by atoms with Crippen LogP contribution in [0.25, 0.3) is 0 Å². The number of thioether (sulfide) groups is 1. The molecule has 18 heavy (non-hydrogen) atoms. The largest absolute Gasteiger partial charge is 0.269 e. The van der Waals surface area contributed by atoms with Gasteiger partial charge in [0.2, 0.25) is 0 Å². The number of nitrogens with zero attached hydrogens (tertiary/aromatic N) is 1. The van der Waals surface area contributed by atoms with Crippen molar-refractivity contribution in [2.24, 2.45) is 0 Å². The standard InChI is InChI=1S/C13H10ClNO2S/c14-12-6-1-2-7-13(12)18-9-10-4-3-5-11(8-10)15(16)17/h1-8H,9H2. The van der Waals surface area contributed by atoms with Gasteiger partial charge in [-0.3, -0.25) is 10.1 Å². The van der Waals surface area contributed by atoms with Crippen LogP contribution in [0.4, 0.5) is 5.69 Å². The summed E-state index contributed by atoms with van der Waals surface area (Å²) in [5, 5.41) is 11.4. The van der Waals surface area contributed by atoms with E-state index >= 15 is 0 Å². The summed E-state index contributed by atoms with van der Waals surface area (Å²) in [5.74, 6) is 0.658. The summed E-state index contributed by atoms with van der Waals surface area (Å²) in [6, 6.07) is 14.2. The summed E-state index contributed by atoms with van der Waals surface area (Å²) in [5.41, 5.74) is 1.03. The number of benzene rings is 2. The van der Waals surface area contributed by atoms with Gasteiger partial charge in [-0.15, -0.1) is 11.8 Å². The molecular weight excluding hydrogens is 270 g/mol. The van der Waals surface area contributed by atoms with Crippen LogP contribution in [0.1, 0.15) is 5.56 Å². The quantitative estimate of drug-likeness (QED) is 0.469. The van der Waals surface area contributed by atoms with E-state index in [0.29, 0.717) is 10.8 Å². The van der Waals surface area contributed by atoms with Gasteiger partial charge in [0, 0.05) is 22.8 Å². The first-order valence-corrected chi connectivity index (χ1v) is 6.64. The maximum absolute atomic E-state index is 10.7. The molecule has 2 aromatic rings. The Kier molecular flexibility index (Phi) is 4.23. The van der Waals surface area contributed by atoms with Gasteiger partial charge < -0.3 is 0 Å². The topological polar surface area (TPSA) is 43.1 Å². The monoisotopic (exact) mass is 279 g/mol. The van der Waals surface area contributed by atoms with E-state index in [4.69, 9.17) is 11.6 Å². The van der Waals surface area contributed by atoms with Crippen LogP contribution in [0, 0.1) is 10.1 Å². The molecule has 3 nitrogen and oxygen atoms in total. The number of nitro benzene ring substituents is 1. The van der Waals surface area contributed by atoms with Crippen LogP contribution in [0.15, 0.2) is 53.4 Å². The molecule has 0 atom stereocenters. The normalized spacial score (nSPS) is 10.3. The van der Waals surface area contributed by atoms with E-state index in [9.17, 15) is 10.1 Å². The average molecular weight is 280 g/mol. The Labute approximate surface area is 114 Å². The van der Waals surface area contributed by atoms with Gasteiger partial charge in [-0.05, 0) is 17.7 Å². The van der Waals surface area contributed by atoms with E-state index in [0.717, 1.165) is 10.5 Å². The van der Waals surface area contributed by atoms with Crippen molar-refractivity contribution in [2.75, 3.05) is 0 Å². The fourth-order valence-corrected chi connectivity index (χ4v) is 2.66. The Bertz CT molecular complexity index is 574. The molecule has 0 saturated heterocycles. The number of non-ortho nitro benzene ring substituents is 1. The molecule has 2 rings (SSSR count). The number of halogens is 1. The fraction of sp³-hybridized carbons (Fsp3) is 0.0769. The molecule has 0 aliphatic heterocycles. The van der Waals surface area contributed by atoms with E-state index < -0.39 is 0 Å². The molecule has 0 amide bonds. The molecule has 92 valence electrons. The highest BCUT2D eigenvalue weighted by Crippen LogP contribution is 2.30. The highest BCUT2D eigenvalue weighted by molar-refractivity contribution is 7.98.